The third-order valence-electron chi connectivity index (χ3n) is 4.59. The summed E-state index contributed by atoms with van der Waals surface area (Å²) in [5.41, 5.74) is 8.30. The van der Waals surface area contributed by atoms with Crippen molar-refractivity contribution in [2.24, 2.45) is 11.7 Å². The molecule has 0 radical (unpaired) electrons. The molecule has 0 atom stereocenters. The van der Waals surface area contributed by atoms with E-state index in [2.05, 4.69) is 5.32 Å². The maximum absolute atomic E-state index is 12.1. The standard InChI is InChI=1S/C18H16N2O3S.C4H7NO/c21-17(9-6-12-4-2-1-3-5-12)19-14-7-8-15-13(10-14)11-16(24-15)18(22)20-23;5-4(6)3-1-2-3/h1-5,7-8,10-11,23H,6,9H2,(H,19,21)(H,20,22);3H,1-2H2,(H2,5,6). The van der Waals surface area contributed by atoms with E-state index in [1.165, 1.54) is 11.3 Å². The first-order valence-corrected chi connectivity index (χ1v) is 10.4. The SMILES string of the molecule is NC(=O)C1CC1.O=C(CCc1ccccc1)Nc1ccc2sc(C(=O)NO)cc2c1. The van der Waals surface area contributed by atoms with E-state index in [9.17, 15) is 14.4 Å². The van der Waals surface area contributed by atoms with Crippen LogP contribution in [0.1, 0.15) is 34.5 Å². The van der Waals surface area contributed by atoms with E-state index in [0.29, 0.717) is 23.4 Å². The summed E-state index contributed by atoms with van der Waals surface area (Å²) in [5, 5.41) is 12.4. The molecule has 5 N–H and O–H groups in total. The summed E-state index contributed by atoms with van der Waals surface area (Å²) in [7, 11) is 0. The first kappa shape index (κ1) is 21.5. The molecule has 4 rings (SSSR count). The van der Waals surface area contributed by atoms with E-state index in [0.717, 1.165) is 28.5 Å². The first-order chi connectivity index (χ1) is 14.5. The maximum Gasteiger partial charge on any atom is 0.284 e. The zero-order chi connectivity index (χ0) is 21.5. The molecule has 156 valence electrons. The van der Waals surface area contributed by atoms with Crippen LogP contribution in [0.4, 0.5) is 5.69 Å². The van der Waals surface area contributed by atoms with Crippen molar-refractivity contribution in [2.45, 2.75) is 25.7 Å². The molecule has 1 saturated carbocycles. The second-order valence-corrected chi connectivity index (χ2v) is 8.10. The molecule has 0 aliphatic heterocycles. The Morgan fingerprint density at radius 3 is 2.40 bits per heavy atom. The van der Waals surface area contributed by atoms with Crippen LogP contribution in [0.3, 0.4) is 0 Å². The Hall–Kier alpha value is -3.23. The largest absolute Gasteiger partial charge is 0.369 e. The zero-order valence-corrected chi connectivity index (χ0v) is 17.1. The molecule has 1 aliphatic carbocycles. The molecule has 1 aromatic heterocycles. The number of primary amides is 1. The van der Waals surface area contributed by atoms with Gasteiger partial charge in [0.15, 0.2) is 0 Å². The van der Waals surface area contributed by atoms with E-state index in [-0.39, 0.29) is 17.7 Å². The normalized spacial score (nSPS) is 12.6. The Kier molecular flexibility index (Phi) is 7.16. The number of hydroxylamine groups is 1. The lowest BCUT2D eigenvalue weighted by Crippen LogP contribution is -2.16. The van der Waals surface area contributed by atoms with Gasteiger partial charge in [-0.25, -0.2) is 5.48 Å². The van der Waals surface area contributed by atoms with Crippen molar-refractivity contribution in [1.29, 1.82) is 0 Å². The molecule has 2 aromatic carbocycles. The van der Waals surface area contributed by atoms with Crippen molar-refractivity contribution in [3.05, 3.63) is 65.0 Å². The third kappa shape index (κ3) is 6.13. The summed E-state index contributed by atoms with van der Waals surface area (Å²) in [4.78, 5) is 33.9. The van der Waals surface area contributed by atoms with E-state index < -0.39 is 5.91 Å². The van der Waals surface area contributed by atoms with Crippen LogP contribution in [0.2, 0.25) is 0 Å². The molecule has 0 bridgehead atoms. The molecule has 8 heteroatoms. The van der Waals surface area contributed by atoms with E-state index >= 15 is 0 Å². The number of amides is 3. The number of aryl methyl sites for hydroxylation is 1. The first-order valence-electron chi connectivity index (χ1n) is 9.57. The van der Waals surface area contributed by atoms with Crippen molar-refractivity contribution in [1.82, 2.24) is 5.48 Å². The van der Waals surface area contributed by atoms with Gasteiger partial charge >= 0.3 is 0 Å². The van der Waals surface area contributed by atoms with Gasteiger partial charge < -0.3 is 11.1 Å². The van der Waals surface area contributed by atoms with Crippen LogP contribution < -0.4 is 16.5 Å². The maximum atomic E-state index is 12.1. The number of anilines is 1. The van der Waals surface area contributed by atoms with Gasteiger partial charge in [0.25, 0.3) is 5.91 Å². The highest BCUT2D eigenvalue weighted by molar-refractivity contribution is 7.20. The van der Waals surface area contributed by atoms with Gasteiger partial charge in [-0.05, 0) is 54.5 Å². The van der Waals surface area contributed by atoms with Crippen LogP contribution in [-0.4, -0.2) is 22.9 Å². The predicted molar refractivity (Wildman–Crippen MR) is 116 cm³/mol. The van der Waals surface area contributed by atoms with Gasteiger partial charge in [-0.2, -0.15) is 0 Å². The highest BCUT2D eigenvalue weighted by Crippen LogP contribution is 2.28. The van der Waals surface area contributed by atoms with Crippen molar-refractivity contribution in [3.8, 4) is 0 Å². The van der Waals surface area contributed by atoms with Crippen LogP contribution in [0.5, 0.6) is 0 Å². The molecule has 0 saturated heterocycles. The summed E-state index contributed by atoms with van der Waals surface area (Å²) in [5.74, 6) is -0.480. The number of benzene rings is 2. The average molecular weight is 426 g/mol. The van der Waals surface area contributed by atoms with Gasteiger partial charge in [-0.15, -0.1) is 11.3 Å². The second-order valence-electron chi connectivity index (χ2n) is 7.01. The van der Waals surface area contributed by atoms with Crippen LogP contribution in [0, 0.1) is 5.92 Å². The van der Waals surface area contributed by atoms with Crippen molar-refractivity contribution in [2.75, 3.05) is 5.32 Å². The van der Waals surface area contributed by atoms with Gasteiger partial charge in [-0.1, -0.05) is 30.3 Å². The number of nitrogens with one attached hydrogen (secondary N) is 2. The monoisotopic (exact) mass is 425 g/mol. The van der Waals surface area contributed by atoms with E-state index in [1.807, 2.05) is 42.5 Å². The number of thiophene rings is 1. The third-order valence-corrected chi connectivity index (χ3v) is 5.70. The van der Waals surface area contributed by atoms with Gasteiger partial charge in [0.1, 0.15) is 0 Å². The minimum atomic E-state index is -0.537. The highest BCUT2D eigenvalue weighted by atomic mass is 32.1. The van der Waals surface area contributed by atoms with Crippen molar-refractivity contribution >= 4 is 44.8 Å². The Morgan fingerprint density at radius 1 is 1.07 bits per heavy atom. The van der Waals surface area contributed by atoms with Crippen LogP contribution in [0.15, 0.2) is 54.6 Å². The highest BCUT2D eigenvalue weighted by Gasteiger charge is 2.26. The number of hydrogen-bond donors (Lipinski definition) is 4. The van der Waals surface area contributed by atoms with Gasteiger partial charge in [0.2, 0.25) is 11.8 Å². The predicted octanol–water partition coefficient (Wildman–Crippen LogP) is 3.47. The van der Waals surface area contributed by atoms with Crippen molar-refractivity contribution < 1.29 is 19.6 Å². The Bertz CT molecular complexity index is 1040. The van der Waals surface area contributed by atoms with Crippen LogP contribution in [-0.2, 0) is 16.0 Å². The number of nitrogens with two attached hydrogens (primary N) is 1. The van der Waals surface area contributed by atoms with Crippen LogP contribution >= 0.6 is 11.3 Å². The van der Waals surface area contributed by atoms with Crippen LogP contribution in [0.25, 0.3) is 10.1 Å². The lowest BCUT2D eigenvalue weighted by Gasteiger charge is -2.05. The zero-order valence-electron chi connectivity index (χ0n) is 16.3. The number of carbonyl (C=O) groups excluding carboxylic acids is 3. The molecule has 1 fully saturated rings. The molecule has 0 unspecified atom stereocenters. The molecule has 1 aliphatic rings. The second kappa shape index (κ2) is 10.00. The summed E-state index contributed by atoms with van der Waals surface area (Å²) in [6.45, 7) is 0. The van der Waals surface area contributed by atoms with Gasteiger partial charge in [-0.3, -0.25) is 19.6 Å². The summed E-state index contributed by atoms with van der Waals surface area (Å²) < 4.78 is 0.913. The lowest BCUT2D eigenvalue weighted by atomic mass is 10.1. The van der Waals surface area contributed by atoms with Gasteiger partial charge in [0.05, 0.1) is 4.88 Å². The molecule has 30 heavy (non-hydrogen) atoms. The molecular weight excluding hydrogens is 402 g/mol. The van der Waals surface area contributed by atoms with Gasteiger partial charge in [0, 0.05) is 22.7 Å². The molecule has 1 heterocycles. The number of rotatable bonds is 6. The minimum Gasteiger partial charge on any atom is -0.369 e. The summed E-state index contributed by atoms with van der Waals surface area (Å²) >= 11 is 1.28. The fourth-order valence-electron chi connectivity index (χ4n) is 2.78. The Labute approximate surface area is 177 Å². The Morgan fingerprint density at radius 2 is 1.80 bits per heavy atom. The molecule has 7 nitrogen and oxygen atoms in total. The smallest absolute Gasteiger partial charge is 0.284 e. The summed E-state index contributed by atoms with van der Waals surface area (Å²) in [6.07, 6.45) is 3.14. The topological polar surface area (TPSA) is 122 Å². The number of hydrogen-bond acceptors (Lipinski definition) is 5. The molecular formula is C22H23N3O4S. The van der Waals surface area contributed by atoms with Crippen molar-refractivity contribution in [3.63, 3.8) is 0 Å². The van der Waals surface area contributed by atoms with E-state index in [4.69, 9.17) is 10.9 Å². The lowest BCUT2D eigenvalue weighted by molar-refractivity contribution is -0.119. The average Bonchev–Trinajstić information content (AvgIpc) is 3.53. The molecule has 3 aromatic rings. The molecule has 0 spiro atoms. The Balaban J connectivity index is 0.000000367. The van der Waals surface area contributed by atoms with E-state index in [1.54, 1.807) is 17.6 Å². The number of carbonyl (C=O) groups is 3. The number of fused-ring (bicyclic) bond motifs is 1. The summed E-state index contributed by atoms with van der Waals surface area (Å²) in [6, 6.07) is 17.0. The quantitative estimate of drug-likeness (QED) is 0.357. The fraction of sp³-hybridized carbons (Fsp3) is 0.227. The fourth-order valence-corrected chi connectivity index (χ4v) is 3.71. The molecule has 3 amide bonds. The minimum absolute atomic E-state index is 0.0539.